The van der Waals surface area contributed by atoms with E-state index < -0.39 is 0 Å². The topological polar surface area (TPSA) is 41.6 Å². The average molecular weight is 326 g/mol. The smallest absolute Gasteiger partial charge is 0.237 e. The lowest BCUT2D eigenvalue weighted by atomic mass is 10.1. The van der Waals surface area contributed by atoms with Gasteiger partial charge in [0.25, 0.3) is 0 Å². The summed E-state index contributed by atoms with van der Waals surface area (Å²) in [5.41, 5.74) is 2.26. The maximum atomic E-state index is 12.3. The van der Waals surface area contributed by atoms with Crippen LogP contribution in [-0.4, -0.2) is 30.5 Å². The van der Waals surface area contributed by atoms with Crippen LogP contribution in [0, 0.1) is 0 Å². The summed E-state index contributed by atoms with van der Waals surface area (Å²) in [7, 11) is 1.96. The van der Waals surface area contributed by atoms with Crippen molar-refractivity contribution >= 4 is 5.91 Å². The minimum Gasteiger partial charge on any atom is -0.494 e. The summed E-state index contributed by atoms with van der Waals surface area (Å²) in [5.74, 6) is 0.907. The first-order valence-corrected chi connectivity index (χ1v) is 8.33. The van der Waals surface area contributed by atoms with E-state index in [2.05, 4.69) is 5.32 Å². The predicted octanol–water partition coefficient (Wildman–Crippen LogP) is 3.22. The number of nitrogens with zero attached hydrogens (tertiary/aromatic N) is 1. The van der Waals surface area contributed by atoms with Crippen LogP contribution in [0.5, 0.6) is 5.75 Å². The van der Waals surface area contributed by atoms with E-state index in [0.29, 0.717) is 19.7 Å². The normalized spacial score (nSPS) is 12.0. The van der Waals surface area contributed by atoms with E-state index in [0.717, 1.165) is 16.9 Å². The van der Waals surface area contributed by atoms with Crippen molar-refractivity contribution in [1.82, 2.24) is 10.2 Å². The molecule has 1 N–H and O–H groups in total. The van der Waals surface area contributed by atoms with Gasteiger partial charge in [-0.1, -0.05) is 42.5 Å². The molecule has 0 spiro atoms. The molecule has 0 radical (unpaired) electrons. The number of hydrogen-bond acceptors (Lipinski definition) is 3. The molecule has 0 aromatic heterocycles. The Bertz CT molecular complexity index is 626. The third-order valence-electron chi connectivity index (χ3n) is 4.02. The summed E-state index contributed by atoms with van der Waals surface area (Å²) in [6.07, 6.45) is 0. The van der Waals surface area contributed by atoms with Crippen LogP contribution < -0.4 is 10.1 Å². The van der Waals surface area contributed by atoms with Gasteiger partial charge in [-0.05, 0) is 44.2 Å². The molecule has 0 saturated heterocycles. The average Bonchev–Trinajstić information content (AvgIpc) is 2.61. The summed E-state index contributed by atoms with van der Waals surface area (Å²) in [5, 5.41) is 2.99. The van der Waals surface area contributed by atoms with Gasteiger partial charge in [0.15, 0.2) is 0 Å². The largest absolute Gasteiger partial charge is 0.494 e. The van der Waals surface area contributed by atoms with E-state index in [1.54, 1.807) is 0 Å². The number of benzene rings is 2. The van der Waals surface area contributed by atoms with Gasteiger partial charge >= 0.3 is 0 Å². The van der Waals surface area contributed by atoms with Gasteiger partial charge in [0.1, 0.15) is 5.75 Å². The second-order valence-corrected chi connectivity index (χ2v) is 5.87. The zero-order valence-electron chi connectivity index (χ0n) is 14.7. The number of nitrogens with one attached hydrogen (secondary N) is 1. The minimum absolute atomic E-state index is 0.0345. The van der Waals surface area contributed by atoms with Gasteiger partial charge in [0, 0.05) is 13.1 Å². The lowest BCUT2D eigenvalue weighted by Crippen LogP contribution is -2.42. The molecule has 4 nitrogen and oxygen atoms in total. The number of carbonyl (C=O) groups excluding carboxylic acids is 1. The molecule has 1 amide bonds. The van der Waals surface area contributed by atoms with Gasteiger partial charge in [-0.2, -0.15) is 0 Å². The Morgan fingerprint density at radius 2 is 1.75 bits per heavy atom. The number of amides is 1. The van der Waals surface area contributed by atoms with E-state index in [1.165, 1.54) is 0 Å². The van der Waals surface area contributed by atoms with Crippen LogP contribution in [-0.2, 0) is 17.9 Å². The molecular weight excluding hydrogens is 300 g/mol. The third kappa shape index (κ3) is 5.39. The Kier molecular flexibility index (Phi) is 6.82. The van der Waals surface area contributed by atoms with Gasteiger partial charge in [-0.15, -0.1) is 0 Å². The van der Waals surface area contributed by atoms with Crippen molar-refractivity contribution < 1.29 is 9.53 Å². The van der Waals surface area contributed by atoms with Crippen LogP contribution in [0.1, 0.15) is 25.0 Å². The highest BCUT2D eigenvalue weighted by atomic mass is 16.5. The van der Waals surface area contributed by atoms with Gasteiger partial charge < -0.3 is 10.1 Å². The first kappa shape index (κ1) is 18.0. The Morgan fingerprint density at radius 1 is 1.08 bits per heavy atom. The Morgan fingerprint density at radius 3 is 2.38 bits per heavy atom. The fraction of sp³-hybridized carbons (Fsp3) is 0.350. The van der Waals surface area contributed by atoms with Crippen LogP contribution >= 0.6 is 0 Å². The zero-order chi connectivity index (χ0) is 17.4. The summed E-state index contributed by atoms with van der Waals surface area (Å²) in [6, 6.07) is 17.7. The van der Waals surface area contributed by atoms with Crippen LogP contribution in [0.25, 0.3) is 0 Å². The number of ether oxygens (including phenoxy) is 1. The van der Waals surface area contributed by atoms with E-state index in [1.807, 2.05) is 80.4 Å². The van der Waals surface area contributed by atoms with Gasteiger partial charge in [0.2, 0.25) is 5.91 Å². The summed E-state index contributed by atoms with van der Waals surface area (Å²) in [6.45, 7) is 5.83. The molecule has 0 aliphatic carbocycles. The molecule has 0 bridgehead atoms. The van der Waals surface area contributed by atoms with Crippen LogP contribution in [0.3, 0.4) is 0 Å². The Balaban J connectivity index is 1.84. The predicted molar refractivity (Wildman–Crippen MR) is 96.8 cm³/mol. The molecule has 0 saturated carbocycles. The molecule has 0 aliphatic rings. The highest BCUT2D eigenvalue weighted by molar-refractivity contribution is 5.81. The van der Waals surface area contributed by atoms with E-state index in [9.17, 15) is 4.79 Å². The van der Waals surface area contributed by atoms with Crippen molar-refractivity contribution in [2.24, 2.45) is 0 Å². The number of rotatable bonds is 8. The summed E-state index contributed by atoms with van der Waals surface area (Å²) in [4.78, 5) is 14.4. The second-order valence-electron chi connectivity index (χ2n) is 5.87. The van der Waals surface area contributed by atoms with Crippen molar-refractivity contribution in [2.75, 3.05) is 13.7 Å². The van der Waals surface area contributed by atoms with Crippen LogP contribution in [0.15, 0.2) is 54.6 Å². The van der Waals surface area contributed by atoms with Crippen molar-refractivity contribution in [3.8, 4) is 5.75 Å². The molecule has 2 aromatic carbocycles. The Hall–Kier alpha value is -2.33. The zero-order valence-corrected chi connectivity index (χ0v) is 14.7. The molecule has 0 unspecified atom stereocenters. The highest BCUT2D eigenvalue weighted by Gasteiger charge is 2.17. The lowest BCUT2D eigenvalue weighted by Gasteiger charge is -2.24. The van der Waals surface area contributed by atoms with Crippen LogP contribution in [0.4, 0.5) is 0 Å². The molecule has 0 fully saturated rings. The maximum Gasteiger partial charge on any atom is 0.237 e. The molecule has 2 rings (SSSR count). The molecule has 0 aliphatic heterocycles. The first-order chi connectivity index (χ1) is 11.6. The van der Waals surface area contributed by atoms with E-state index in [-0.39, 0.29) is 11.9 Å². The minimum atomic E-state index is -0.194. The van der Waals surface area contributed by atoms with E-state index in [4.69, 9.17) is 4.74 Å². The van der Waals surface area contributed by atoms with Crippen molar-refractivity contribution in [1.29, 1.82) is 0 Å². The summed E-state index contributed by atoms with van der Waals surface area (Å²) < 4.78 is 5.45. The lowest BCUT2D eigenvalue weighted by molar-refractivity contribution is -0.125. The Labute approximate surface area is 144 Å². The molecule has 24 heavy (non-hydrogen) atoms. The SMILES string of the molecule is CCOc1ccc(CN(C)[C@H](C)C(=O)NCc2ccccc2)cc1. The second kappa shape index (κ2) is 9.08. The monoisotopic (exact) mass is 326 g/mol. The van der Waals surface area contributed by atoms with Crippen molar-refractivity contribution in [3.63, 3.8) is 0 Å². The van der Waals surface area contributed by atoms with Crippen molar-refractivity contribution in [2.45, 2.75) is 33.0 Å². The van der Waals surface area contributed by atoms with Gasteiger partial charge in [-0.25, -0.2) is 0 Å². The number of likely N-dealkylation sites (N-methyl/N-ethyl adjacent to an activating group) is 1. The van der Waals surface area contributed by atoms with Gasteiger partial charge in [0.05, 0.1) is 12.6 Å². The highest BCUT2D eigenvalue weighted by Crippen LogP contribution is 2.14. The molecule has 1 atom stereocenters. The molecule has 4 heteroatoms. The van der Waals surface area contributed by atoms with Gasteiger partial charge in [-0.3, -0.25) is 9.69 Å². The van der Waals surface area contributed by atoms with E-state index >= 15 is 0 Å². The number of hydrogen-bond donors (Lipinski definition) is 1. The van der Waals surface area contributed by atoms with Crippen molar-refractivity contribution in [3.05, 3.63) is 65.7 Å². The fourth-order valence-electron chi connectivity index (χ4n) is 2.42. The quantitative estimate of drug-likeness (QED) is 0.810. The summed E-state index contributed by atoms with van der Waals surface area (Å²) >= 11 is 0. The van der Waals surface area contributed by atoms with Crippen LogP contribution in [0.2, 0.25) is 0 Å². The number of carbonyl (C=O) groups is 1. The molecule has 2 aromatic rings. The maximum absolute atomic E-state index is 12.3. The molecule has 0 heterocycles. The molecular formula is C20H26N2O2. The first-order valence-electron chi connectivity index (χ1n) is 8.33. The molecule has 128 valence electrons. The third-order valence-corrected chi connectivity index (χ3v) is 4.02. The fourth-order valence-corrected chi connectivity index (χ4v) is 2.42. The standard InChI is InChI=1S/C20H26N2O2/c1-4-24-19-12-10-18(11-13-19)15-22(3)16(2)20(23)21-14-17-8-6-5-7-9-17/h5-13,16H,4,14-15H2,1-3H3,(H,21,23)/t16-/m1/s1.